The number of benzene rings is 8. The molecule has 8 aromatic carbocycles. The maximum Gasteiger partial charge on any atom is 0.285 e. The van der Waals surface area contributed by atoms with Gasteiger partial charge in [0.2, 0.25) is 0 Å². The number of nitro benzene ring substituents is 1. The number of nitro groups is 1. The van der Waals surface area contributed by atoms with Crippen molar-refractivity contribution in [2.24, 2.45) is 46.3 Å². The van der Waals surface area contributed by atoms with Crippen molar-refractivity contribution in [3.8, 4) is 83.8 Å². The van der Waals surface area contributed by atoms with E-state index in [9.17, 15) is 15.3 Å². The average Bonchev–Trinajstić information content (AvgIpc) is 1.38. The van der Waals surface area contributed by atoms with Crippen LogP contribution in [0.2, 0.25) is 5.02 Å². The number of nitrogens with zero attached hydrogens (tertiary/aromatic N) is 2. The lowest BCUT2D eigenvalue weighted by molar-refractivity contribution is -0.383. The quantitative estimate of drug-likeness (QED) is 0.0345. The Bertz CT molecular complexity index is 5170. The summed E-state index contributed by atoms with van der Waals surface area (Å²) >= 11 is 15.8. The molecular weight excluding hydrogens is 1460 g/mol. The number of hydrogen-bond acceptors (Lipinski definition) is 9. The summed E-state index contributed by atoms with van der Waals surface area (Å²) in [5.74, 6) is 2.89. The molecule has 1 N–H and O–H groups in total. The van der Waals surface area contributed by atoms with E-state index >= 15 is 4.39 Å². The van der Waals surface area contributed by atoms with Gasteiger partial charge in [-0.1, -0.05) is 215 Å². The topological polar surface area (TPSA) is 102 Å². The van der Waals surface area contributed by atoms with Crippen LogP contribution >= 0.6 is 50.2 Å². The Hall–Kier alpha value is -8.88. The van der Waals surface area contributed by atoms with Crippen LogP contribution in [0.1, 0.15) is 152 Å². The van der Waals surface area contributed by atoms with E-state index < -0.39 is 11.4 Å². The van der Waals surface area contributed by atoms with Crippen LogP contribution in [0.5, 0.6) is 5.75 Å². The second kappa shape index (κ2) is 30.9. The molecule has 4 atom stereocenters. The molecule has 0 saturated heterocycles. The van der Waals surface area contributed by atoms with Gasteiger partial charge >= 0.3 is 0 Å². The summed E-state index contributed by atoms with van der Waals surface area (Å²) in [7, 11) is 0. The van der Waals surface area contributed by atoms with Crippen molar-refractivity contribution >= 4 is 67.3 Å². The van der Waals surface area contributed by atoms with Gasteiger partial charge in [-0.25, -0.2) is 9.45 Å². The van der Waals surface area contributed by atoms with Crippen molar-refractivity contribution in [1.29, 1.82) is 0 Å². The Morgan fingerprint density at radius 1 is 0.611 bits per heavy atom. The van der Waals surface area contributed by atoms with Crippen molar-refractivity contribution in [3.63, 3.8) is 0 Å². The fourth-order valence-electron chi connectivity index (χ4n) is 20.4. The van der Waals surface area contributed by atoms with Crippen molar-refractivity contribution in [1.82, 2.24) is 0 Å². The van der Waals surface area contributed by atoms with Crippen LogP contribution in [0, 0.1) is 62.3 Å². The molecule has 4 heterocycles. The van der Waals surface area contributed by atoms with Crippen LogP contribution in [0.4, 0.5) is 21.5 Å². The Labute approximate surface area is 655 Å². The van der Waals surface area contributed by atoms with Crippen LogP contribution < -0.4 is 9.80 Å². The first-order valence-electron chi connectivity index (χ1n) is 38.7. The van der Waals surface area contributed by atoms with Crippen LogP contribution in [-0.2, 0) is 5.60 Å². The number of para-hydroxylation sites is 3. The van der Waals surface area contributed by atoms with Gasteiger partial charge in [-0.3, -0.25) is 15.3 Å². The highest BCUT2D eigenvalue weighted by Gasteiger charge is 2.72. The molecule has 0 spiro atoms. The largest absolute Gasteiger partial charge is 0.476 e. The summed E-state index contributed by atoms with van der Waals surface area (Å²) in [6.45, 7) is 11.7. The fraction of sp³-hybridized carbons (Fsp3) is 0.305. The molecule has 13 heteroatoms. The molecule has 0 amide bonds. The number of furan rings is 2. The van der Waals surface area contributed by atoms with E-state index in [0.29, 0.717) is 101 Å². The molecule has 4 unspecified atom stereocenters. The second-order valence-electron chi connectivity index (χ2n) is 31.3. The van der Waals surface area contributed by atoms with E-state index in [0.717, 1.165) is 22.3 Å². The standard InChI is InChI=1S/C95H91BrClFN2O6S2/c1-60(2)57-83(61(3)4)95(69-45-46-69,94(68-33-20-34-68,67-31-18-19-32-67)66-29-14-8-15-30-66)84(63-51-55-107-59-63)92-81(52-56-108-92)79-43-24-42-78(89(79)100(102)103)77-41-23-40-76(88(77)99(101)70-35-16-9-17-36-70)72-37-21-38-73(85(72)96)80-48-47-74(75-39-22-44-82(87(75)98)90-71(50-54-105-90)62-49-53-104-58-62)86(97)91(80)106-93(5,64-25-10-6-11-26-64)65-27-12-7-13-28-65/h6-7,9-13,16-17,21-28,35-44,47-59,61,66-69,83-84,101H,8,14-15,18-20,29-34,45-46H2,1-5H3. The van der Waals surface area contributed by atoms with E-state index in [2.05, 4.69) is 78.0 Å². The highest BCUT2D eigenvalue weighted by Crippen LogP contribution is 2.79. The Morgan fingerprint density at radius 2 is 1.17 bits per heavy atom. The van der Waals surface area contributed by atoms with E-state index in [-0.39, 0.29) is 55.2 Å². The van der Waals surface area contributed by atoms with Crippen molar-refractivity contribution in [2.75, 3.05) is 5.06 Å². The maximum absolute atomic E-state index is 17.8. The molecule has 0 aliphatic heterocycles. The molecular formula is C95H91BrClFN2O6S2. The molecule has 4 aliphatic rings. The monoisotopic (exact) mass is 1550 g/mol. The number of halogens is 3. The normalized spacial score (nSPS) is 16.9. The number of rotatable bonds is 25. The lowest BCUT2D eigenvalue weighted by Gasteiger charge is -2.69. The minimum atomic E-state index is -1.17. The van der Waals surface area contributed by atoms with Crippen LogP contribution in [-0.4, -0.2) is 10.1 Å². The Morgan fingerprint density at radius 3 is 1.73 bits per heavy atom. The van der Waals surface area contributed by atoms with Gasteiger partial charge in [-0.05, 0) is 233 Å². The number of hydrogen-bond donors (Lipinski definition) is 1. The van der Waals surface area contributed by atoms with Crippen molar-refractivity contribution < 1.29 is 28.1 Å². The predicted octanol–water partition coefficient (Wildman–Crippen LogP) is 29.3. The van der Waals surface area contributed by atoms with Gasteiger partial charge in [0.05, 0.1) is 56.8 Å². The van der Waals surface area contributed by atoms with Crippen LogP contribution in [0.25, 0.3) is 78.1 Å². The second-order valence-corrected chi connectivity index (χ2v) is 34.2. The summed E-state index contributed by atoms with van der Waals surface area (Å²) in [6.07, 6.45) is 25.2. The fourth-order valence-corrected chi connectivity index (χ4v) is 23.2. The molecule has 16 rings (SSSR count). The molecule has 12 aromatic rings. The van der Waals surface area contributed by atoms with Crippen molar-refractivity contribution in [2.45, 2.75) is 136 Å². The molecule has 4 fully saturated rings. The number of allylic oxidation sites excluding steroid dienone is 2. The summed E-state index contributed by atoms with van der Waals surface area (Å²) in [6, 6.07) is 64.0. The van der Waals surface area contributed by atoms with Crippen LogP contribution in [0.15, 0.2) is 260 Å². The van der Waals surface area contributed by atoms with E-state index in [1.165, 1.54) is 111 Å². The summed E-state index contributed by atoms with van der Waals surface area (Å²) in [4.78, 5) is 16.0. The third-order valence-corrected chi connectivity index (χ3v) is 27.8. The van der Waals surface area contributed by atoms with E-state index in [1.54, 1.807) is 54.4 Å². The Kier molecular flexibility index (Phi) is 21.0. The van der Waals surface area contributed by atoms with Gasteiger partial charge in [0, 0.05) is 65.3 Å². The predicted molar refractivity (Wildman–Crippen MR) is 444 cm³/mol. The summed E-state index contributed by atoms with van der Waals surface area (Å²) in [5, 5.41) is 36.6. The third-order valence-electron chi connectivity index (χ3n) is 24.9. The van der Waals surface area contributed by atoms with Crippen molar-refractivity contribution in [3.05, 3.63) is 294 Å². The van der Waals surface area contributed by atoms with Crippen LogP contribution in [0.3, 0.4) is 0 Å². The number of anilines is 2. The molecule has 108 heavy (non-hydrogen) atoms. The minimum absolute atomic E-state index is 0.0232. The van der Waals surface area contributed by atoms with E-state index in [4.69, 9.17) is 25.2 Å². The summed E-state index contributed by atoms with van der Waals surface area (Å²) in [5.41, 5.74) is 10.9. The molecule has 4 saturated carbocycles. The molecule has 4 aromatic heterocycles. The minimum Gasteiger partial charge on any atom is -0.476 e. The SMILES string of the molecule is CC(C)=CC(C(C)C)C(C1CC1)(C(c1ccsc1)c1sccc1-c1cccc(-c2cccc(-c3cccc(-c4ccc(-c5cccc(-c6occc6-c6ccoc6)c5F)c(Cl)c4OC(C)(c4ccccc4)c4ccccc4)c3Br)c2N(O)c2ccccc2)c1[N+](=O)[O-])C(C1CCCCC1)(C1CCCC1)C1CCC1. The van der Waals surface area contributed by atoms with Gasteiger partial charge in [-0.15, -0.1) is 11.3 Å². The van der Waals surface area contributed by atoms with E-state index in [1.807, 2.05) is 182 Å². The highest BCUT2D eigenvalue weighted by atomic mass is 79.9. The highest BCUT2D eigenvalue weighted by molar-refractivity contribution is 9.10. The first-order chi connectivity index (χ1) is 52.6. The van der Waals surface area contributed by atoms with Gasteiger partial charge in [0.25, 0.3) is 5.69 Å². The first-order valence-corrected chi connectivity index (χ1v) is 41.6. The smallest absolute Gasteiger partial charge is 0.285 e. The number of thiophene rings is 2. The lowest BCUT2D eigenvalue weighted by atomic mass is 9.34. The molecule has 4 aliphatic carbocycles. The average molecular weight is 1560 g/mol. The molecule has 0 radical (unpaired) electrons. The number of ether oxygens (including phenoxy) is 1. The zero-order chi connectivity index (χ0) is 74.4. The zero-order valence-corrected chi connectivity index (χ0v) is 65.8. The first kappa shape index (κ1) is 73.3. The zero-order valence-electron chi connectivity index (χ0n) is 61.9. The van der Waals surface area contributed by atoms with Gasteiger partial charge in [-0.2, -0.15) is 11.3 Å². The molecule has 8 nitrogen and oxygen atoms in total. The summed E-state index contributed by atoms with van der Waals surface area (Å²) < 4.78 is 37.5. The van der Waals surface area contributed by atoms with Gasteiger partial charge in [0.1, 0.15) is 17.3 Å². The van der Waals surface area contributed by atoms with Gasteiger partial charge < -0.3 is 13.6 Å². The van der Waals surface area contributed by atoms with Gasteiger partial charge in [0.15, 0.2) is 5.60 Å². The Balaban J connectivity index is 0.891. The molecule has 0 bridgehead atoms. The third kappa shape index (κ3) is 12.9. The maximum atomic E-state index is 17.8. The lowest BCUT2D eigenvalue weighted by Crippen LogP contribution is -2.64. The molecule has 550 valence electrons.